The summed E-state index contributed by atoms with van der Waals surface area (Å²) < 4.78 is 4.72. The third kappa shape index (κ3) is 3.19. The molecule has 0 amide bonds. The highest BCUT2D eigenvalue weighted by molar-refractivity contribution is 8.01. The minimum absolute atomic E-state index is 0.0628. The predicted octanol–water partition coefficient (Wildman–Crippen LogP) is 1.05. The van der Waals surface area contributed by atoms with Gasteiger partial charge in [0.15, 0.2) is 0 Å². The number of carbonyl (C=O) groups is 1. The molecule has 0 aromatic carbocycles. The molecule has 1 aliphatic carbocycles. The zero-order valence-corrected chi connectivity index (χ0v) is 8.84. The average Bonchev–Trinajstić information content (AvgIpc) is 2.95. The summed E-state index contributed by atoms with van der Waals surface area (Å²) in [4.78, 5) is 11.3. The SMILES string of the molecule is COC(=O)C(SC(C)CO)C1CC1. The number of rotatable bonds is 5. The standard InChI is InChI=1S/C9H16O3S/c1-6(5-10)13-8(7-3-4-7)9(11)12-2/h6-8,10H,3-5H2,1-2H3. The van der Waals surface area contributed by atoms with Crippen LogP contribution in [0.25, 0.3) is 0 Å². The molecule has 1 rings (SSSR count). The van der Waals surface area contributed by atoms with Crippen LogP contribution in [-0.2, 0) is 9.53 Å². The molecule has 0 aromatic rings. The average molecular weight is 204 g/mol. The first kappa shape index (κ1) is 10.9. The number of hydrogen-bond donors (Lipinski definition) is 1. The summed E-state index contributed by atoms with van der Waals surface area (Å²) >= 11 is 1.52. The van der Waals surface area contributed by atoms with Crippen molar-refractivity contribution in [2.75, 3.05) is 13.7 Å². The minimum Gasteiger partial charge on any atom is -0.468 e. The quantitative estimate of drug-likeness (QED) is 0.680. The van der Waals surface area contributed by atoms with Crippen LogP contribution < -0.4 is 0 Å². The Kier molecular flexibility index (Phi) is 4.06. The van der Waals surface area contributed by atoms with Gasteiger partial charge in [0.05, 0.1) is 13.7 Å². The summed E-state index contributed by atoms with van der Waals surface area (Å²) in [5.74, 6) is 0.333. The topological polar surface area (TPSA) is 46.5 Å². The van der Waals surface area contributed by atoms with Gasteiger partial charge in [0.25, 0.3) is 0 Å². The second-order valence-corrected chi connectivity index (χ2v) is 5.00. The molecular weight excluding hydrogens is 188 g/mol. The van der Waals surface area contributed by atoms with Crippen LogP contribution in [0.5, 0.6) is 0 Å². The molecule has 1 saturated carbocycles. The highest BCUT2D eigenvalue weighted by atomic mass is 32.2. The second kappa shape index (κ2) is 4.86. The van der Waals surface area contributed by atoms with E-state index in [-0.39, 0.29) is 23.1 Å². The third-order valence-corrected chi connectivity index (χ3v) is 3.60. The Morgan fingerprint density at radius 1 is 1.69 bits per heavy atom. The van der Waals surface area contributed by atoms with E-state index < -0.39 is 0 Å². The highest BCUT2D eigenvalue weighted by Gasteiger charge is 2.38. The lowest BCUT2D eigenvalue weighted by Crippen LogP contribution is -2.24. The number of methoxy groups -OCH3 is 1. The molecule has 2 unspecified atom stereocenters. The van der Waals surface area contributed by atoms with E-state index in [0.717, 1.165) is 12.8 Å². The molecule has 0 saturated heterocycles. The summed E-state index contributed by atoms with van der Waals surface area (Å²) in [5.41, 5.74) is 0. The Balaban J connectivity index is 2.42. The van der Waals surface area contributed by atoms with Gasteiger partial charge in [-0.1, -0.05) is 6.92 Å². The van der Waals surface area contributed by atoms with Crippen LogP contribution in [0.2, 0.25) is 0 Å². The molecule has 0 aliphatic heterocycles. The minimum atomic E-state index is -0.146. The van der Waals surface area contributed by atoms with E-state index in [0.29, 0.717) is 5.92 Å². The van der Waals surface area contributed by atoms with E-state index >= 15 is 0 Å². The van der Waals surface area contributed by atoms with Crippen molar-refractivity contribution < 1.29 is 14.6 Å². The van der Waals surface area contributed by atoms with E-state index in [9.17, 15) is 4.79 Å². The van der Waals surface area contributed by atoms with E-state index in [1.807, 2.05) is 6.92 Å². The van der Waals surface area contributed by atoms with E-state index in [1.165, 1.54) is 18.9 Å². The third-order valence-electron chi connectivity index (χ3n) is 2.12. The maximum absolute atomic E-state index is 11.3. The fourth-order valence-electron chi connectivity index (χ4n) is 1.17. The molecule has 1 N–H and O–H groups in total. The smallest absolute Gasteiger partial charge is 0.319 e. The fraction of sp³-hybridized carbons (Fsp3) is 0.889. The lowest BCUT2D eigenvalue weighted by Gasteiger charge is -2.16. The number of ether oxygens (including phenoxy) is 1. The van der Waals surface area contributed by atoms with Crippen molar-refractivity contribution in [1.29, 1.82) is 0 Å². The summed E-state index contributed by atoms with van der Waals surface area (Å²) in [5, 5.41) is 8.92. The van der Waals surface area contributed by atoms with Crippen LogP contribution in [0.15, 0.2) is 0 Å². The fourth-order valence-corrected chi connectivity index (χ4v) is 2.46. The maximum atomic E-state index is 11.3. The number of carbonyl (C=O) groups excluding carboxylic acids is 1. The molecule has 2 atom stereocenters. The summed E-state index contributed by atoms with van der Waals surface area (Å²) in [6, 6.07) is 0. The van der Waals surface area contributed by atoms with Crippen molar-refractivity contribution in [3.05, 3.63) is 0 Å². The molecular formula is C9H16O3S. The van der Waals surface area contributed by atoms with Gasteiger partial charge in [0.1, 0.15) is 5.25 Å². The van der Waals surface area contributed by atoms with Gasteiger partial charge in [-0.3, -0.25) is 4.79 Å². The maximum Gasteiger partial charge on any atom is 0.319 e. The first-order valence-corrected chi connectivity index (χ1v) is 5.47. The largest absolute Gasteiger partial charge is 0.468 e. The molecule has 0 aromatic heterocycles. The Labute approximate surface area is 82.8 Å². The molecule has 13 heavy (non-hydrogen) atoms. The van der Waals surface area contributed by atoms with Gasteiger partial charge in [0.2, 0.25) is 0 Å². The zero-order chi connectivity index (χ0) is 9.84. The highest BCUT2D eigenvalue weighted by Crippen LogP contribution is 2.40. The van der Waals surface area contributed by atoms with Crippen molar-refractivity contribution in [3.63, 3.8) is 0 Å². The summed E-state index contributed by atoms with van der Waals surface area (Å²) in [7, 11) is 1.42. The van der Waals surface area contributed by atoms with Gasteiger partial charge in [-0.05, 0) is 18.8 Å². The molecule has 76 valence electrons. The molecule has 1 aliphatic rings. The Morgan fingerprint density at radius 2 is 2.31 bits per heavy atom. The van der Waals surface area contributed by atoms with Crippen LogP contribution >= 0.6 is 11.8 Å². The van der Waals surface area contributed by atoms with E-state index in [2.05, 4.69) is 0 Å². The van der Waals surface area contributed by atoms with Crippen molar-refractivity contribution in [3.8, 4) is 0 Å². The molecule has 4 heteroatoms. The van der Waals surface area contributed by atoms with Crippen LogP contribution in [0, 0.1) is 5.92 Å². The van der Waals surface area contributed by atoms with Crippen molar-refractivity contribution in [2.45, 2.75) is 30.3 Å². The lowest BCUT2D eigenvalue weighted by atomic mass is 10.3. The van der Waals surface area contributed by atoms with Gasteiger partial charge >= 0.3 is 5.97 Å². The molecule has 0 heterocycles. The first-order valence-electron chi connectivity index (χ1n) is 4.53. The number of aliphatic hydroxyl groups is 1. The van der Waals surface area contributed by atoms with Gasteiger partial charge < -0.3 is 9.84 Å². The molecule has 0 bridgehead atoms. The normalized spacial score (nSPS) is 20.8. The Hall–Kier alpha value is -0.220. The molecule has 3 nitrogen and oxygen atoms in total. The van der Waals surface area contributed by atoms with Crippen molar-refractivity contribution >= 4 is 17.7 Å². The molecule has 1 fully saturated rings. The summed E-state index contributed by atoms with van der Waals surface area (Å²) in [6.07, 6.45) is 2.23. The van der Waals surface area contributed by atoms with Crippen molar-refractivity contribution in [1.82, 2.24) is 0 Å². The monoisotopic (exact) mass is 204 g/mol. The van der Waals surface area contributed by atoms with Crippen LogP contribution in [0.1, 0.15) is 19.8 Å². The van der Waals surface area contributed by atoms with Gasteiger partial charge in [-0.15, -0.1) is 11.8 Å². The van der Waals surface area contributed by atoms with Gasteiger partial charge in [-0.25, -0.2) is 0 Å². The number of thioether (sulfide) groups is 1. The summed E-state index contributed by atoms with van der Waals surface area (Å²) in [6.45, 7) is 2.04. The van der Waals surface area contributed by atoms with E-state index in [1.54, 1.807) is 0 Å². The predicted molar refractivity (Wildman–Crippen MR) is 52.7 cm³/mol. The first-order chi connectivity index (χ1) is 6.19. The molecule has 0 spiro atoms. The lowest BCUT2D eigenvalue weighted by molar-refractivity contribution is -0.140. The zero-order valence-electron chi connectivity index (χ0n) is 8.03. The van der Waals surface area contributed by atoms with Crippen LogP contribution in [0.4, 0.5) is 0 Å². The van der Waals surface area contributed by atoms with E-state index in [4.69, 9.17) is 9.84 Å². The molecule has 0 radical (unpaired) electrons. The number of esters is 1. The Morgan fingerprint density at radius 3 is 2.69 bits per heavy atom. The number of hydrogen-bond acceptors (Lipinski definition) is 4. The van der Waals surface area contributed by atoms with Gasteiger partial charge in [-0.2, -0.15) is 0 Å². The van der Waals surface area contributed by atoms with Crippen molar-refractivity contribution in [2.24, 2.45) is 5.92 Å². The van der Waals surface area contributed by atoms with Crippen LogP contribution in [-0.4, -0.2) is 35.3 Å². The second-order valence-electron chi connectivity index (χ2n) is 3.41. The Bertz CT molecular complexity index is 180. The van der Waals surface area contributed by atoms with Gasteiger partial charge in [0, 0.05) is 5.25 Å². The number of aliphatic hydroxyl groups excluding tert-OH is 1. The van der Waals surface area contributed by atoms with Crippen LogP contribution in [0.3, 0.4) is 0 Å².